The number of likely N-dealkylation sites (tertiary alicyclic amines) is 1. The summed E-state index contributed by atoms with van der Waals surface area (Å²) in [6.45, 7) is 2.15. The quantitative estimate of drug-likeness (QED) is 0.646. The highest BCUT2D eigenvalue weighted by Gasteiger charge is 2.26. The number of benzene rings is 2. The van der Waals surface area contributed by atoms with E-state index in [4.69, 9.17) is 0 Å². The monoisotopic (exact) mass is 368 g/mol. The maximum atomic E-state index is 14.3. The lowest BCUT2D eigenvalue weighted by molar-refractivity contribution is 0.224. The molecule has 27 heavy (non-hydrogen) atoms. The average Bonchev–Trinajstić information content (AvgIpc) is 3.34. The molecule has 0 radical (unpaired) electrons. The molecule has 0 saturated carbocycles. The van der Waals surface area contributed by atoms with Crippen molar-refractivity contribution in [2.75, 3.05) is 25.0 Å². The Kier molecular flexibility index (Phi) is 4.97. The molecule has 3 N–H and O–H groups in total. The summed E-state index contributed by atoms with van der Waals surface area (Å²) < 4.78 is 14.3. The Morgan fingerprint density at radius 2 is 1.93 bits per heavy atom. The Hall–Kier alpha value is -3.00. The number of hydrogen-bond donors (Lipinski definition) is 3. The Morgan fingerprint density at radius 1 is 1.15 bits per heavy atom. The van der Waals surface area contributed by atoms with E-state index in [0.29, 0.717) is 23.3 Å². The predicted octanol–water partition coefficient (Wildman–Crippen LogP) is 3.06. The minimum Gasteiger partial charge on any atom is -0.336 e. The molecule has 2 aromatic carbocycles. The van der Waals surface area contributed by atoms with E-state index in [1.807, 2.05) is 6.07 Å². The first-order chi connectivity index (χ1) is 13.2. The van der Waals surface area contributed by atoms with Gasteiger partial charge in [0.15, 0.2) is 0 Å². The summed E-state index contributed by atoms with van der Waals surface area (Å²) >= 11 is 0. The minimum atomic E-state index is -0.335. The van der Waals surface area contributed by atoms with Crippen LogP contribution in [-0.4, -0.2) is 46.0 Å². The minimum absolute atomic E-state index is 0.183. The number of amides is 2. The maximum Gasteiger partial charge on any atom is 0.319 e. The average molecular weight is 368 g/mol. The van der Waals surface area contributed by atoms with Crippen LogP contribution in [0.3, 0.4) is 0 Å². The largest absolute Gasteiger partial charge is 0.336 e. The van der Waals surface area contributed by atoms with Gasteiger partial charge >= 0.3 is 6.03 Å². The number of aromatic amines is 1. The number of H-pyrrole nitrogens is 1. The smallest absolute Gasteiger partial charge is 0.319 e. The van der Waals surface area contributed by atoms with Crippen LogP contribution < -0.4 is 10.6 Å². The number of fused-ring (bicyclic) bond motifs is 1. The lowest BCUT2D eigenvalue weighted by atomic mass is 10.0. The first-order valence-corrected chi connectivity index (χ1v) is 9.04. The second-order valence-corrected chi connectivity index (χ2v) is 6.64. The molecule has 3 aromatic rings. The molecule has 2 amide bonds. The Bertz CT molecular complexity index is 937. The normalized spacial score (nSPS) is 15.7. The third-order valence-corrected chi connectivity index (χ3v) is 4.88. The summed E-state index contributed by atoms with van der Waals surface area (Å²) in [6, 6.07) is 11.5. The number of rotatable bonds is 5. The number of hydrogen-bond acceptors (Lipinski definition) is 4. The summed E-state index contributed by atoms with van der Waals surface area (Å²) in [5, 5.41) is 16.2. The second-order valence-electron chi connectivity index (χ2n) is 6.64. The van der Waals surface area contributed by atoms with Crippen LogP contribution >= 0.6 is 0 Å². The van der Waals surface area contributed by atoms with E-state index < -0.39 is 0 Å². The first-order valence-electron chi connectivity index (χ1n) is 9.04. The summed E-state index contributed by atoms with van der Waals surface area (Å²) in [4.78, 5) is 14.6. The van der Waals surface area contributed by atoms with Crippen molar-refractivity contribution in [2.24, 2.45) is 0 Å². The van der Waals surface area contributed by atoms with Gasteiger partial charge in [0.25, 0.3) is 0 Å². The molecule has 2 heterocycles. The lowest BCUT2D eigenvalue weighted by Crippen LogP contribution is -2.39. The van der Waals surface area contributed by atoms with Crippen LogP contribution in [0.2, 0.25) is 0 Å². The van der Waals surface area contributed by atoms with E-state index in [1.165, 1.54) is 6.07 Å². The first kappa shape index (κ1) is 17.4. The summed E-state index contributed by atoms with van der Waals surface area (Å²) in [6.07, 6.45) is 2.18. The van der Waals surface area contributed by atoms with E-state index in [2.05, 4.69) is 30.9 Å². The topological polar surface area (TPSA) is 85.9 Å². The Labute approximate surface area is 155 Å². The van der Waals surface area contributed by atoms with Crippen molar-refractivity contribution in [2.45, 2.75) is 18.9 Å². The van der Waals surface area contributed by atoms with E-state index >= 15 is 0 Å². The lowest BCUT2D eigenvalue weighted by Gasteiger charge is -2.28. The van der Waals surface area contributed by atoms with Crippen LogP contribution in [0.25, 0.3) is 11.0 Å². The van der Waals surface area contributed by atoms with E-state index in [9.17, 15) is 9.18 Å². The Morgan fingerprint density at radius 3 is 2.74 bits per heavy atom. The van der Waals surface area contributed by atoms with Crippen LogP contribution in [0.4, 0.5) is 14.9 Å². The van der Waals surface area contributed by atoms with Gasteiger partial charge in [-0.05, 0) is 50.2 Å². The van der Waals surface area contributed by atoms with Crippen molar-refractivity contribution in [3.63, 3.8) is 0 Å². The third-order valence-electron chi connectivity index (χ3n) is 4.88. The zero-order chi connectivity index (χ0) is 18.6. The highest BCUT2D eigenvalue weighted by atomic mass is 19.1. The van der Waals surface area contributed by atoms with Crippen molar-refractivity contribution in [3.8, 4) is 0 Å². The van der Waals surface area contributed by atoms with Crippen LogP contribution in [-0.2, 0) is 0 Å². The summed E-state index contributed by atoms with van der Waals surface area (Å²) in [5.74, 6) is -0.243. The Balaban J connectivity index is 1.43. The molecule has 7 nitrogen and oxygen atoms in total. The maximum absolute atomic E-state index is 14.3. The highest BCUT2D eigenvalue weighted by Crippen LogP contribution is 2.26. The molecule has 1 aliphatic heterocycles. The van der Waals surface area contributed by atoms with Gasteiger partial charge in [-0.1, -0.05) is 18.2 Å². The van der Waals surface area contributed by atoms with Gasteiger partial charge in [-0.2, -0.15) is 15.4 Å². The van der Waals surface area contributed by atoms with Gasteiger partial charge in [0.2, 0.25) is 0 Å². The molecule has 1 aliphatic rings. The number of nitrogens with one attached hydrogen (secondary N) is 3. The molecule has 0 bridgehead atoms. The van der Waals surface area contributed by atoms with Gasteiger partial charge < -0.3 is 10.6 Å². The molecule has 140 valence electrons. The second kappa shape index (κ2) is 7.71. The fraction of sp³-hybridized carbons (Fsp3) is 0.316. The zero-order valence-electron chi connectivity index (χ0n) is 14.8. The number of anilines is 1. The number of carbonyl (C=O) groups is 1. The number of halogens is 1. The molecule has 1 saturated heterocycles. The molecular weight excluding hydrogens is 347 g/mol. The third kappa shape index (κ3) is 3.90. The zero-order valence-corrected chi connectivity index (χ0v) is 14.8. The molecular formula is C19H21FN6O. The molecule has 0 aliphatic carbocycles. The fourth-order valence-electron chi connectivity index (χ4n) is 3.52. The predicted molar refractivity (Wildman–Crippen MR) is 101 cm³/mol. The van der Waals surface area contributed by atoms with Gasteiger partial charge in [0, 0.05) is 17.8 Å². The van der Waals surface area contributed by atoms with Gasteiger partial charge in [-0.25, -0.2) is 9.18 Å². The summed E-state index contributed by atoms with van der Waals surface area (Å²) in [5.41, 5.74) is 2.64. The van der Waals surface area contributed by atoms with Crippen LogP contribution in [0.15, 0.2) is 42.5 Å². The van der Waals surface area contributed by atoms with Crippen molar-refractivity contribution in [1.29, 1.82) is 0 Å². The number of nitrogens with zero attached hydrogens (tertiary/aromatic N) is 3. The van der Waals surface area contributed by atoms with E-state index in [1.54, 1.807) is 30.3 Å². The van der Waals surface area contributed by atoms with Crippen molar-refractivity contribution in [1.82, 2.24) is 25.6 Å². The van der Waals surface area contributed by atoms with Crippen molar-refractivity contribution >= 4 is 22.8 Å². The SMILES string of the molecule is O=C(NC[C@H](c1ccccc1F)N1CCCC1)Nc1ccc2n[nH]nc2c1. The van der Waals surface area contributed by atoms with E-state index in [0.717, 1.165) is 31.4 Å². The van der Waals surface area contributed by atoms with Gasteiger partial charge in [0.05, 0.1) is 6.04 Å². The van der Waals surface area contributed by atoms with Gasteiger partial charge in [-0.15, -0.1) is 0 Å². The molecule has 1 atom stereocenters. The molecule has 0 spiro atoms. The van der Waals surface area contributed by atoms with E-state index in [-0.39, 0.29) is 17.9 Å². The molecule has 4 rings (SSSR count). The number of carbonyl (C=O) groups excluding carboxylic acids is 1. The standard InChI is InChI=1S/C19H21FN6O/c20-15-6-2-1-5-14(15)18(26-9-3-4-10-26)12-21-19(27)22-13-7-8-16-17(11-13)24-25-23-16/h1-2,5-8,11,18H,3-4,9-10,12H2,(H2,21,22,27)(H,23,24,25)/t18-/m1/s1. The molecule has 1 aromatic heterocycles. The van der Waals surface area contributed by atoms with Crippen LogP contribution in [0.5, 0.6) is 0 Å². The highest BCUT2D eigenvalue weighted by molar-refractivity contribution is 5.91. The molecule has 0 unspecified atom stereocenters. The summed E-state index contributed by atoms with van der Waals surface area (Å²) in [7, 11) is 0. The van der Waals surface area contributed by atoms with Crippen molar-refractivity contribution in [3.05, 3.63) is 53.8 Å². The van der Waals surface area contributed by atoms with Gasteiger partial charge in [-0.3, -0.25) is 4.90 Å². The fourth-order valence-corrected chi connectivity index (χ4v) is 3.52. The van der Waals surface area contributed by atoms with Crippen molar-refractivity contribution < 1.29 is 9.18 Å². The molecule has 1 fully saturated rings. The molecule has 8 heteroatoms. The van der Waals surface area contributed by atoms with Crippen LogP contribution in [0, 0.1) is 5.82 Å². The van der Waals surface area contributed by atoms with Gasteiger partial charge in [0.1, 0.15) is 16.9 Å². The number of aromatic nitrogens is 3. The van der Waals surface area contributed by atoms with Crippen LogP contribution in [0.1, 0.15) is 24.4 Å². The number of urea groups is 1.